The summed E-state index contributed by atoms with van der Waals surface area (Å²) in [5.74, 6) is 0.172. The third-order valence-corrected chi connectivity index (χ3v) is 2.31. The van der Waals surface area contributed by atoms with Gasteiger partial charge in [0.05, 0.1) is 0 Å². The standard InChI is InChI=1S/C9H13NO2S/c1-10(7-8-13(11)12)9-5-3-2-4-6-9/h2-6H,7-8H2,1H3,(H,11,12)/p-1. The van der Waals surface area contributed by atoms with Crippen molar-refractivity contribution in [3.63, 3.8) is 0 Å². The highest BCUT2D eigenvalue weighted by Crippen LogP contribution is 2.09. The summed E-state index contributed by atoms with van der Waals surface area (Å²) in [6, 6.07) is 9.70. The molecule has 0 saturated heterocycles. The molecule has 1 aromatic rings. The van der Waals surface area contributed by atoms with Crippen LogP contribution in [0.2, 0.25) is 0 Å². The normalized spacial score (nSPS) is 12.5. The van der Waals surface area contributed by atoms with Crippen LogP contribution in [-0.2, 0) is 11.1 Å². The Kier molecular flexibility index (Phi) is 3.92. The van der Waals surface area contributed by atoms with E-state index in [9.17, 15) is 8.76 Å². The molecule has 1 aromatic carbocycles. The quantitative estimate of drug-likeness (QED) is 0.678. The molecule has 4 heteroatoms. The molecule has 0 aliphatic rings. The minimum atomic E-state index is -1.95. The molecule has 0 fully saturated rings. The molecule has 0 radical (unpaired) electrons. The molecule has 0 spiro atoms. The highest BCUT2D eigenvalue weighted by molar-refractivity contribution is 7.79. The summed E-state index contributed by atoms with van der Waals surface area (Å²) < 4.78 is 20.6. The Balaban J connectivity index is 2.49. The van der Waals surface area contributed by atoms with Gasteiger partial charge in [0.25, 0.3) is 0 Å². The summed E-state index contributed by atoms with van der Waals surface area (Å²) in [7, 11) is 1.88. The van der Waals surface area contributed by atoms with E-state index in [1.54, 1.807) is 0 Å². The van der Waals surface area contributed by atoms with Gasteiger partial charge in [-0.15, -0.1) is 0 Å². The van der Waals surface area contributed by atoms with E-state index >= 15 is 0 Å². The lowest BCUT2D eigenvalue weighted by Gasteiger charge is -2.19. The molecule has 1 atom stereocenters. The second kappa shape index (κ2) is 4.99. The van der Waals surface area contributed by atoms with Gasteiger partial charge in [0, 0.05) is 25.0 Å². The van der Waals surface area contributed by atoms with Crippen LogP contribution in [0.15, 0.2) is 30.3 Å². The molecule has 3 nitrogen and oxygen atoms in total. The Morgan fingerprint density at radius 1 is 1.38 bits per heavy atom. The second-order valence-electron chi connectivity index (χ2n) is 2.76. The Morgan fingerprint density at radius 3 is 2.54 bits per heavy atom. The molecule has 72 valence electrons. The minimum Gasteiger partial charge on any atom is -0.772 e. The van der Waals surface area contributed by atoms with E-state index in [1.807, 2.05) is 42.3 Å². The van der Waals surface area contributed by atoms with Gasteiger partial charge in [-0.05, 0) is 12.1 Å². The van der Waals surface area contributed by atoms with Crippen LogP contribution in [0.3, 0.4) is 0 Å². The van der Waals surface area contributed by atoms with Gasteiger partial charge in [-0.3, -0.25) is 4.21 Å². The van der Waals surface area contributed by atoms with E-state index in [4.69, 9.17) is 0 Å². The summed E-state index contributed by atoms with van der Waals surface area (Å²) in [6.45, 7) is 0.528. The highest BCUT2D eigenvalue weighted by Gasteiger charge is 1.97. The number of para-hydroxylation sites is 1. The van der Waals surface area contributed by atoms with Crippen LogP contribution in [0.25, 0.3) is 0 Å². The van der Waals surface area contributed by atoms with Crippen molar-refractivity contribution < 1.29 is 8.76 Å². The van der Waals surface area contributed by atoms with Crippen molar-refractivity contribution in [2.75, 3.05) is 24.2 Å². The lowest BCUT2D eigenvalue weighted by Crippen LogP contribution is -2.22. The maximum Gasteiger partial charge on any atom is 0.0363 e. The van der Waals surface area contributed by atoms with Crippen LogP contribution in [-0.4, -0.2) is 28.1 Å². The predicted molar refractivity (Wildman–Crippen MR) is 53.5 cm³/mol. The molecule has 0 aliphatic carbocycles. The number of benzene rings is 1. The summed E-state index contributed by atoms with van der Waals surface area (Å²) >= 11 is -1.95. The van der Waals surface area contributed by atoms with E-state index in [0.717, 1.165) is 5.69 Å². The van der Waals surface area contributed by atoms with Gasteiger partial charge in [-0.1, -0.05) is 29.3 Å². The van der Waals surface area contributed by atoms with Crippen LogP contribution in [0.4, 0.5) is 5.69 Å². The van der Waals surface area contributed by atoms with Crippen LogP contribution in [0, 0.1) is 0 Å². The third-order valence-electron chi connectivity index (χ3n) is 1.79. The van der Waals surface area contributed by atoms with Gasteiger partial charge in [0.2, 0.25) is 0 Å². The summed E-state index contributed by atoms with van der Waals surface area (Å²) in [4.78, 5) is 1.91. The molecule has 0 aromatic heterocycles. The highest BCUT2D eigenvalue weighted by atomic mass is 32.2. The Morgan fingerprint density at radius 2 is 2.00 bits per heavy atom. The Hall–Kier alpha value is -0.870. The summed E-state index contributed by atoms with van der Waals surface area (Å²) in [6.07, 6.45) is 0. The third kappa shape index (κ3) is 3.57. The molecular formula is C9H12NO2S-. The van der Waals surface area contributed by atoms with Crippen LogP contribution >= 0.6 is 0 Å². The van der Waals surface area contributed by atoms with Gasteiger partial charge in [-0.25, -0.2) is 0 Å². The van der Waals surface area contributed by atoms with E-state index in [0.29, 0.717) is 6.54 Å². The molecule has 0 aliphatic heterocycles. The molecule has 13 heavy (non-hydrogen) atoms. The van der Waals surface area contributed by atoms with Gasteiger partial charge in [0.1, 0.15) is 0 Å². The molecule has 0 heterocycles. The monoisotopic (exact) mass is 198 g/mol. The fourth-order valence-electron chi connectivity index (χ4n) is 1.02. The lowest BCUT2D eigenvalue weighted by atomic mass is 10.3. The predicted octanol–water partition coefficient (Wildman–Crippen LogP) is 1.00. The van der Waals surface area contributed by atoms with Crippen molar-refractivity contribution in [2.45, 2.75) is 0 Å². The fourth-order valence-corrected chi connectivity index (χ4v) is 1.45. The van der Waals surface area contributed by atoms with E-state index in [-0.39, 0.29) is 5.75 Å². The number of nitrogens with zero attached hydrogens (tertiary/aromatic N) is 1. The first-order chi connectivity index (χ1) is 6.20. The van der Waals surface area contributed by atoms with E-state index in [2.05, 4.69) is 0 Å². The Labute approximate surface area is 80.7 Å². The van der Waals surface area contributed by atoms with Gasteiger partial charge < -0.3 is 9.45 Å². The SMILES string of the molecule is CN(CCS(=O)[O-])c1ccccc1. The molecular weight excluding hydrogens is 186 g/mol. The zero-order chi connectivity index (χ0) is 9.68. The van der Waals surface area contributed by atoms with Crippen molar-refractivity contribution in [1.82, 2.24) is 0 Å². The molecule has 1 rings (SSSR count). The van der Waals surface area contributed by atoms with Crippen molar-refractivity contribution in [1.29, 1.82) is 0 Å². The molecule has 0 bridgehead atoms. The maximum absolute atomic E-state index is 10.3. The van der Waals surface area contributed by atoms with Crippen molar-refractivity contribution >= 4 is 16.8 Å². The molecule has 0 N–H and O–H groups in total. The van der Waals surface area contributed by atoms with Crippen LogP contribution < -0.4 is 4.90 Å². The second-order valence-corrected chi connectivity index (χ2v) is 3.78. The number of hydrogen-bond acceptors (Lipinski definition) is 3. The topological polar surface area (TPSA) is 43.4 Å². The Bertz CT molecular complexity index is 276. The first-order valence-electron chi connectivity index (χ1n) is 4.02. The van der Waals surface area contributed by atoms with E-state index < -0.39 is 11.1 Å². The number of anilines is 1. The van der Waals surface area contributed by atoms with E-state index in [1.165, 1.54) is 0 Å². The first-order valence-corrected chi connectivity index (χ1v) is 5.26. The fraction of sp³-hybridized carbons (Fsp3) is 0.333. The van der Waals surface area contributed by atoms with Gasteiger partial charge >= 0.3 is 0 Å². The van der Waals surface area contributed by atoms with Crippen LogP contribution in [0.1, 0.15) is 0 Å². The number of hydrogen-bond donors (Lipinski definition) is 0. The average molecular weight is 198 g/mol. The lowest BCUT2D eigenvalue weighted by molar-refractivity contribution is 0.536. The van der Waals surface area contributed by atoms with Gasteiger partial charge in [0.15, 0.2) is 0 Å². The minimum absolute atomic E-state index is 0.172. The van der Waals surface area contributed by atoms with Crippen molar-refractivity contribution in [3.05, 3.63) is 30.3 Å². The first kappa shape index (κ1) is 10.2. The zero-order valence-electron chi connectivity index (χ0n) is 7.47. The van der Waals surface area contributed by atoms with Crippen molar-refractivity contribution in [3.8, 4) is 0 Å². The molecule has 1 unspecified atom stereocenters. The molecule has 0 amide bonds. The largest absolute Gasteiger partial charge is 0.772 e. The molecule has 0 saturated carbocycles. The van der Waals surface area contributed by atoms with Crippen molar-refractivity contribution in [2.24, 2.45) is 0 Å². The number of rotatable bonds is 4. The maximum atomic E-state index is 10.3. The average Bonchev–Trinajstić information content (AvgIpc) is 2.15. The summed E-state index contributed by atoms with van der Waals surface area (Å²) in [5, 5.41) is 0. The zero-order valence-corrected chi connectivity index (χ0v) is 8.29. The van der Waals surface area contributed by atoms with Gasteiger partial charge in [-0.2, -0.15) is 0 Å². The van der Waals surface area contributed by atoms with Crippen LogP contribution in [0.5, 0.6) is 0 Å². The summed E-state index contributed by atoms with van der Waals surface area (Å²) in [5.41, 5.74) is 1.04. The smallest absolute Gasteiger partial charge is 0.0363 e.